The lowest BCUT2D eigenvalue weighted by molar-refractivity contribution is -0.222. The zero-order chi connectivity index (χ0) is 51.7. The maximum atomic E-state index is 16.0. The third-order valence-electron chi connectivity index (χ3n) is 24.5. The number of hydrogen-bond acceptors (Lipinski definition) is 9. The minimum absolute atomic E-state index is 0.0147. The Hall–Kier alpha value is -3.08. The summed E-state index contributed by atoms with van der Waals surface area (Å²) in [6.07, 6.45) is 21.3. The number of Topliss-reactive ketones (excluding diaryl/α,β-unsaturated/α-hetero) is 2. The van der Waals surface area contributed by atoms with Gasteiger partial charge in [0.15, 0.2) is 5.78 Å². The van der Waals surface area contributed by atoms with Crippen molar-refractivity contribution < 1.29 is 29.6 Å². The van der Waals surface area contributed by atoms with E-state index in [0.29, 0.717) is 67.1 Å². The first-order valence-corrected chi connectivity index (χ1v) is 30.3. The number of carbonyl (C=O) groups excluding carboxylic acids is 2. The SMILES string of the molecule is CNCc1cc(O)cc([C@H]2C[C@]3(C4CCCC4)[C@H]4[C@H](C[C@@]5(C)[C@@H]3CCC3=C([C@@H]6[C@H]7CCCC[C@H]7CC[C@H]6[C@@H](O)[C@H]6O[C@]6(C)[C@H]6CCC[C@@H]6c6cccc(N)c6)C(=O)C[C@@]35C)NC[C@@](C)(O)CCCC[C@@]4(C)C2=O)c1. The predicted octanol–water partition coefficient (Wildman–Crippen LogP) is 11.9. The number of allylic oxidation sites excluding steroid dienone is 2. The second-order valence-corrected chi connectivity index (χ2v) is 28.3. The van der Waals surface area contributed by atoms with Gasteiger partial charge in [0.25, 0.3) is 0 Å². The Bertz CT molecular complexity index is 2530. The van der Waals surface area contributed by atoms with Crippen LogP contribution in [0.3, 0.4) is 0 Å². The number of nitrogens with one attached hydrogen (secondary N) is 2. The summed E-state index contributed by atoms with van der Waals surface area (Å²) in [5, 5.41) is 43.9. The van der Waals surface area contributed by atoms with E-state index in [2.05, 4.69) is 62.6 Å². The van der Waals surface area contributed by atoms with E-state index >= 15 is 9.59 Å². The summed E-state index contributed by atoms with van der Waals surface area (Å²) in [5.41, 5.74) is 10.2. The average molecular weight is 1010 g/mol. The Morgan fingerprint density at radius 3 is 2.39 bits per heavy atom. The summed E-state index contributed by atoms with van der Waals surface area (Å²) in [6.45, 7) is 12.8. The first kappa shape index (κ1) is 51.7. The molecule has 2 aromatic rings. The number of phenols is 1. The highest BCUT2D eigenvalue weighted by atomic mass is 16.6. The van der Waals surface area contributed by atoms with E-state index < -0.39 is 28.1 Å². The summed E-state index contributed by atoms with van der Waals surface area (Å²) in [6, 6.07) is 14.4. The summed E-state index contributed by atoms with van der Waals surface area (Å²) < 4.78 is 6.90. The zero-order valence-electron chi connectivity index (χ0n) is 46.2. The van der Waals surface area contributed by atoms with Crippen molar-refractivity contribution in [3.8, 4) is 5.75 Å². The van der Waals surface area contributed by atoms with E-state index in [1.165, 1.54) is 43.2 Å². The van der Waals surface area contributed by atoms with E-state index in [9.17, 15) is 15.3 Å². The van der Waals surface area contributed by atoms with Crippen molar-refractivity contribution in [3.63, 3.8) is 0 Å². The summed E-state index contributed by atoms with van der Waals surface area (Å²) in [5.74, 6) is 2.99. The van der Waals surface area contributed by atoms with E-state index in [1.807, 2.05) is 32.2 Å². The van der Waals surface area contributed by atoms with E-state index in [0.717, 1.165) is 119 Å². The van der Waals surface area contributed by atoms with Gasteiger partial charge in [0.05, 0.1) is 17.3 Å². The second kappa shape index (κ2) is 18.8. The van der Waals surface area contributed by atoms with Gasteiger partial charge in [-0.1, -0.05) is 95.9 Å². The van der Waals surface area contributed by atoms with Crippen LogP contribution in [-0.2, 0) is 20.9 Å². The smallest absolute Gasteiger partial charge is 0.160 e. The summed E-state index contributed by atoms with van der Waals surface area (Å²) in [4.78, 5) is 31.9. The molecule has 2 aliphatic heterocycles. The van der Waals surface area contributed by atoms with Crippen molar-refractivity contribution in [1.29, 1.82) is 0 Å². The number of carbonyl (C=O) groups is 2. The minimum atomic E-state index is -0.866. The zero-order valence-corrected chi connectivity index (χ0v) is 46.2. The van der Waals surface area contributed by atoms with Crippen LogP contribution in [0.25, 0.3) is 0 Å². The molecular formula is C65H93N3O6. The van der Waals surface area contributed by atoms with Crippen LogP contribution in [0.2, 0.25) is 0 Å². The lowest BCUT2D eigenvalue weighted by atomic mass is 9.31. The Kier molecular flexibility index (Phi) is 13.1. The molecule has 0 amide bonds. The van der Waals surface area contributed by atoms with Crippen LogP contribution in [0.15, 0.2) is 53.6 Å². The number of aromatic hydroxyl groups is 1. The third-order valence-corrected chi connectivity index (χ3v) is 24.5. The first-order valence-electron chi connectivity index (χ1n) is 30.3. The monoisotopic (exact) mass is 1010 g/mol. The van der Waals surface area contributed by atoms with Crippen molar-refractivity contribution >= 4 is 17.3 Å². The highest BCUT2D eigenvalue weighted by Gasteiger charge is 2.75. The molecule has 8 aliphatic carbocycles. The van der Waals surface area contributed by atoms with Gasteiger partial charge in [-0.2, -0.15) is 0 Å². The molecule has 0 bridgehead atoms. The first-order chi connectivity index (χ1) is 35.4. The largest absolute Gasteiger partial charge is 0.508 e. The van der Waals surface area contributed by atoms with Crippen LogP contribution >= 0.6 is 0 Å². The van der Waals surface area contributed by atoms with Gasteiger partial charge < -0.3 is 36.4 Å². The maximum Gasteiger partial charge on any atom is 0.160 e. The second-order valence-electron chi connectivity index (χ2n) is 28.3. The Balaban J connectivity index is 0.966. The van der Waals surface area contributed by atoms with Crippen molar-refractivity contribution in [2.24, 2.45) is 69.0 Å². The topological polar surface area (TPSA) is 157 Å². The number of β-amino-alcohol motifs (C(OH)–C–C–N with tert-alkyl or cyclic N) is 1. The number of epoxide rings is 1. The molecule has 7 N–H and O–H groups in total. The predicted molar refractivity (Wildman–Crippen MR) is 292 cm³/mol. The normalized spacial score (nSPS) is 45.9. The lowest BCUT2D eigenvalue weighted by Crippen LogP contribution is -2.72. The molecule has 0 spiro atoms. The van der Waals surface area contributed by atoms with Gasteiger partial charge in [0.2, 0.25) is 0 Å². The fourth-order valence-electron chi connectivity index (χ4n) is 21.4. The molecule has 2 saturated heterocycles. The number of aliphatic hydroxyl groups is 2. The van der Waals surface area contributed by atoms with Gasteiger partial charge in [-0.25, -0.2) is 0 Å². The third kappa shape index (κ3) is 7.95. The molecule has 10 aliphatic rings. The molecule has 74 heavy (non-hydrogen) atoms. The number of ether oxygens (including phenoxy) is 1. The molecule has 9 nitrogen and oxygen atoms in total. The molecule has 404 valence electrons. The van der Waals surface area contributed by atoms with Crippen molar-refractivity contribution in [2.45, 2.75) is 224 Å². The molecule has 0 radical (unpaired) electrons. The fraction of sp³-hybridized carbons (Fsp3) is 0.754. The van der Waals surface area contributed by atoms with Crippen molar-refractivity contribution in [1.82, 2.24) is 10.6 Å². The molecule has 9 heteroatoms. The summed E-state index contributed by atoms with van der Waals surface area (Å²) >= 11 is 0. The van der Waals surface area contributed by atoms with Gasteiger partial charge in [0.1, 0.15) is 17.6 Å². The number of hydrogen-bond donors (Lipinski definition) is 6. The standard InChI is InChI=1S/C65H93N3O6/c1-60(73)27-11-12-28-61(2)57-51(68-37-60)34-63(4)53(65(57,42-17-8-9-18-42)33-48(58(61)72)41-29-38(36-67-6)30-44(69)32-41)26-25-50-55(52(70)35-62(50,63)3)54-46-20-10-7-15-39(46)23-24-47(54)56(71)59-64(5,74-59)49-22-14-21-45(49)40-16-13-19-43(66)31-40/h13,16,19,29-32,39,42,45-49,51,53-54,56-57,59,67-69,71,73H,7-12,14-15,17-18,20-28,33-37,66H2,1-6H3/t39-,45+,46-,47+,48+,49-,51-,53-,54+,56+,57-,59+,60-,61+,62-,63-,64+,65+/m0/s1. The molecule has 0 unspecified atom stereocenters. The number of nitrogens with two attached hydrogens (primary N) is 1. The molecule has 9 fully saturated rings. The number of aliphatic hydroxyl groups excluding tert-OH is 1. The summed E-state index contributed by atoms with van der Waals surface area (Å²) in [7, 11) is 1.94. The van der Waals surface area contributed by atoms with Crippen molar-refractivity contribution in [2.75, 3.05) is 19.3 Å². The number of ketones is 2. The van der Waals surface area contributed by atoms with Gasteiger partial charge in [-0.15, -0.1) is 0 Å². The number of fused-ring (bicyclic) bond motifs is 5. The van der Waals surface area contributed by atoms with Gasteiger partial charge in [-0.3, -0.25) is 9.59 Å². The van der Waals surface area contributed by atoms with Crippen LogP contribution in [0.1, 0.15) is 204 Å². The highest BCUT2D eigenvalue weighted by molar-refractivity contribution is 6.01. The van der Waals surface area contributed by atoms with E-state index in [4.69, 9.17) is 10.5 Å². The molecule has 0 aromatic heterocycles. The Labute approximate surface area is 443 Å². The number of benzene rings is 2. The van der Waals surface area contributed by atoms with E-state index in [1.54, 1.807) is 0 Å². The van der Waals surface area contributed by atoms with Crippen molar-refractivity contribution in [3.05, 3.63) is 70.3 Å². The molecule has 18 atom stereocenters. The fourth-order valence-corrected chi connectivity index (χ4v) is 21.4. The van der Waals surface area contributed by atoms with Crippen LogP contribution < -0.4 is 16.4 Å². The molecule has 2 aromatic carbocycles. The van der Waals surface area contributed by atoms with Crippen LogP contribution in [-0.4, -0.2) is 69.9 Å². The number of nitrogen functional groups attached to an aromatic ring is 1. The molecule has 7 saturated carbocycles. The highest BCUT2D eigenvalue weighted by Crippen LogP contribution is 2.78. The number of rotatable bonds is 9. The Morgan fingerprint density at radius 1 is 0.838 bits per heavy atom. The van der Waals surface area contributed by atoms with Crippen LogP contribution in [0.5, 0.6) is 5.75 Å². The molecule has 2 heterocycles. The Morgan fingerprint density at radius 2 is 1.61 bits per heavy atom. The average Bonchev–Trinajstić information content (AvgIpc) is 3.80. The molecule has 12 rings (SSSR count). The van der Waals surface area contributed by atoms with Crippen LogP contribution in [0, 0.1) is 69.0 Å². The number of phenolic OH excluding ortho intramolecular Hbond substituents is 1. The number of anilines is 1. The van der Waals surface area contributed by atoms with Gasteiger partial charge >= 0.3 is 0 Å². The minimum Gasteiger partial charge on any atom is -0.508 e. The van der Waals surface area contributed by atoms with Crippen LogP contribution in [0.4, 0.5) is 5.69 Å². The lowest BCUT2D eigenvalue weighted by Gasteiger charge is -2.73. The quantitative estimate of drug-likeness (QED) is 0.106. The molecular weight excluding hydrogens is 919 g/mol. The van der Waals surface area contributed by atoms with Gasteiger partial charge in [0, 0.05) is 48.0 Å². The maximum absolute atomic E-state index is 16.0. The van der Waals surface area contributed by atoms with E-state index in [-0.39, 0.29) is 58.3 Å². The van der Waals surface area contributed by atoms with Gasteiger partial charge in [-0.05, 0) is 215 Å².